The van der Waals surface area contributed by atoms with Crippen molar-refractivity contribution in [3.05, 3.63) is 45.1 Å². The molecule has 0 atom stereocenters. The van der Waals surface area contributed by atoms with Gasteiger partial charge in [-0.3, -0.25) is 14.7 Å². The summed E-state index contributed by atoms with van der Waals surface area (Å²) in [5, 5.41) is 9.82. The zero-order valence-corrected chi connectivity index (χ0v) is 15.7. The topological polar surface area (TPSA) is 62.7 Å². The molecular formula is C16H14Br2N2O3. The Bertz CT molecular complexity index is 770. The van der Waals surface area contributed by atoms with Crippen LogP contribution in [0.4, 0.5) is 5.69 Å². The van der Waals surface area contributed by atoms with E-state index < -0.39 is 5.60 Å². The maximum Gasteiger partial charge on any atom is 0.258 e. The molecule has 0 radical (unpaired) electrons. The monoisotopic (exact) mass is 440 g/mol. The van der Waals surface area contributed by atoms with E-state index in [1.807, 2.05) is 13.8 Å². The molecule has 120 valence electrons. The van der Waals surface area contributed by atoms with Gasteiger partial charge in [-0.2, -0.15) is 0 Å². The second-order valence-electron chi connectivity index (χ2n) is 5.88. The highest BCUT2D eigenvalue weighted by Gasteiger charge is 2.35. The minimum absolute atomic E-state index is 0.0610. The van der Waals surface area contributed by atoms with E-state index in [4.69, 9.17) is 4.74 Å². The second kappa shape index (κ2) is 5.79. The number of phenolic OH excluding ortho intramolecular Hbond substituents is 1. The summed E-state index contributed by atoms with van der Waals surface area (Å²) in [6.07, 6.45) is 3.25. The molecule has 1 aromatic heterocycles. The van der Waals surface area contributed by atoms with Crippen LogP contribution >= 0.6 is 31.9 Å². The number of fused-ring (bicyclic) bond motifs is 1. The first-order valence-corrected chi connectivity index (χ1v) is 8.50. The summed E-state index contributed by atoms with van der Waals surface area (Å²) >= 11 is 6.51. The van der Waals surface area contributed by atoms with Gasteiger partial charge in [-0.1, -0.05) is 0 Å². The number of phenols is 1. The lowest BCUT2D eigenvalue weighted by molar-refractivity contribution is 0.0835. The SMILES string of the molecule is CC1(C)CN(C(=O)c2cc(Br)c(O)c(Br)c2)c2cnccc2O1. The summed E-state index contributed by atoms with van der Waals surface area (Å²) in [6.45, 7) is 4.26. The first-order chi connectivity index (χ1) is 10.8. The van der Waals surface area contributed by atoms with E-state index in [9.17, 15) is 9.90 Å². The molecule has 0 aliphatic carbocycles. The molecule has 1 aliphatic heterocycles. The third-order valence-corrected chi connectivity index (χ3v) is 4.70. The number of aromatic nitrogens is 1. The number of pyridine rings is 1. The number of nitrogens with zero attached hydrogens (tertiary/aromatic N) is 2. The number of aromatic hydroxyl groups is 1. The maximum absolute atomic E-state index is 13.0. The van der Waals surface area contributed by atoms with Gasteiger partial charge >= 0.3 is 0 Å². The number of ether oxygens (including phenoxy) is 1. The lowest BCUT2D eigenvalue weighted by Crippen LogP contribution is -2.49. The molecule has 23 heavy (non-hydrogen) atoms. The fourth-order valence-electron chi connectivity index (χ4n) is 2.48. The Balaban J connectivity index is 2.06. The average Bonchev–Trinajstić information content (AvgIpc) is 2.49. The Kier molecular flexibility index (Phi) is 4.10. The number of halogens is 2. The van der Waals surface area contributed by atoms with E-state index >= 15 is 0 Å². The molecule has 0 spiro atoms. The minimum Gasteiger partial charge on any atom is -0.506 e. The number of carbonyl (C=O) groups is 1. The zero-order chi connectivity index (χ0) is 16.8. The number of anilines is 1. The number of carbonyl (C=O) groups excluding carboxylic acids is 1. The van der Waals surface area contributed by atoms with Crippen molar-refractivity contribution in [2.75, 3.05) is 11.4 Å². The van der Waals surface area contributed by atoms with Crippen molar-refractivity contribution in [1.29, 1.82) is 0 Å². The molecule has 1 N–H and O–H groups in total. The highest BCUT2D eigenvalue weighted by atomic mass is 79.9. The van der Waals surface area contributed by atoms with Crippen LogP contribution in [0, 0.1) is 0 Å². The van der Waals surface area contributed by atoms with Crippen LogP contribution in [0.5, 0.6) is 11.5 Å². The molecular weight excluding hydrogens is 428 g/mol. The molecule has 7 heteroatoms. The van der Waals surface area contributed by atoms with Gasteiger partial charge in [0.25, 0.3) is 5.91 Å². The van der Waals surface area contributed by atoms with E-state index in [-0.39, 0.29) is 11.7 Å². The lowest BCUT2D eigenvalue weighted by atomic mass is 10.0. The molecule has 3 rings (SSSR count). The number of benzene rings is 1. The minimum atomic E-state index is -0.505. The Morgan fingerprint density at radius 3 is 2.65 bits per heavy atom. The lowest BCUT2D eigenvalue weighted by Gasteiger charge is -2.39. The van der Waals surface area contributed by atoms with Crippen molar-refractivity contribution in [1.82, 2.24) is 4.98 Å². The first-order valence-electron chi connectivity index (χ1n) is 6.91. The van der Waals surface area contributed by atoms with Crippen molar-refractivity contribution < 1.29 is 14.6 Å². The van der Waals surface area contributed by atoms with Crippen molar-refractivity contribution in [3.8, 4) is 11.5 Å². The van der Waals surface area contributed by atoms with E-state index in [1.54, 1.807) is 35.5 Å². The van der Waals surface area contributed by atoms with Crippen LogP contribution in [-0.2, 0) is 0 Å². The fourth-order valence-corrected chi connectivity index (χ4v) is 3.67. The van der Waals surface area contributed by atoms with Gasteiger partial charge in [0.05, 0.1) is 21.7 Å². The molecule has 0 saturated carbocycles. The fraction of sp³-hybridized carbons (Fsp3) is 0.250. The first kappa shape index (κ1) is 16.3. The highest BCUT2D eigenvalue weighted by Crippen LogP contribution is 2.38. The van der Waals surface area contributed by atoms with Gasteiger partial charge in [0, 0.05) is 17.8 Å². The van der Waals surface area contributed by atoms with Gasteiger partial charge < -0.3 is 9.84 Å². The Morgan fingerprint density at radius 1 is 1.35 bits per heavy atom. The summed E-state index contributed by atoms with van der Waals surface area (Å²) in [7, 11) is 0. The van der Waals surface area contributed by atoms with Crippen molar-refractivity contribution in [3.63, 3.8) is 0 Å². The summed E-state index contributed by atoms with van der Waals surface area (Å²) in [5.41, 5.74) is 0.585. The molecule has 0 fully saturated rings. The van der Waals surface area contributed by atoms with E-state index in [0.29, 0.717) is 32.5 Å². The van der Waals surface area contributed by atoms with Gasteiger partial charge in [0.2, 0.25) is 0 Å². The molecule has 5 nitrogen and oxygen atoms in total. The summed E-state index contributed by atoms with van der Waals surface area (Å²) in [4.78, 5) is 18.7. The highest BCUT2D eigenvalue weighted by molar-refractivity contribution is 9.11. The standard InChI is InChI=1S/C16H14Br2N2O3/c1-16(2)8-20(12-7-19-4-3-13(12)23-16)15(22)9-5-10(17)14(21)11(18)6-9/h3-7,21H,8H2,1-2H3. The molecule has 1 amide bonds. The van der Waals surface area contributed by atoms with Crippen molar-refractivity contribution in [2.24, 2.45) is 0 Å². The molecule has 2 heterocycles. The molecule has 0 unspecified atom stereocenters. The molecule has 0 saturated heterocycles. The van der Waals surface area contributed by atoms with Gasteiger partial charge in [-0.05, 0) is 57.8 Å². The van der Waals surface area contributed by atoms with Crippen LogP contribution in [0.2, 0.25) is 0 Å². The van der Waals surface area contributed by atoms with Crippen LogP contribution < -0.4 is 9.64 Å². The predicted molar refractivity (Wildman–Crippen MR) is 94.1 cm³/mol. The maximum atomic E-state index is 13.0. The van der Waals surface area contributed by atoms with Crippen LogP contribution in [0.25, 0.3) is 0 Å². The Morgan fingerprint density at radius 2 is 2.00 bits per heavy atom. The quantitative estimate of drug-likeness (QED) is 0.722. The van der Waals surface area contributed by atoms with Gasteiger partial charge in [-0.25, -0.2) is 0 Å². The smallest absolute Gasteiger partial charge is 0.258 e. The molecule has 0 bridgehead atoms. The summed E-state index contributed by atoms with van der Waals surface area (Å²) in [5.74, 6) is 0.504. The van der Waals surface area contributed by atoms with E-state index in [0.717, 1.165) is 0 Å². The number of hydrogen-bond donors (Lipinski definition) is 1. The predicted octanol–water partition coefficient (Wildman–Crippen LogP) is 4.13. The number of hydrogen-bond acceptors (Lipinski definition) is 4. The van der Waals surface area contributed by atoms with Crippen molar-refractivity contribution >= 4 is 43.5 Å². The second-order valence-corrected chi connectivity index (χ2v) is 7.59. The Hall–Kier alpha value is -1.60. The average molecular weight is 442 g/mol. The molecule has 1 aromatic carbocycles. The molecule has 2 aromatic rings. The van der Waals surface area contributed by atoms with Crippen LogP contribution in [0.3, 0.4) is 0 Å². The third kappa shape index (κ3) is 3.07. The summed E-state index contributed by atoms with van der Waals surface area (Å²) < 4.78 is 6.82. The number of amides is 1. The van der Waals surface area contributed by atoms with Crippen LogP contribution in [0.15, 0.2) is 39.5 Å². The number of rotatable bonds is 1. The van der Waals surface area contributed by atoms with Gasteiger partial charge in [-0.15, -0.1) is 0 Å². The third-order valence-electron chi connectivity index (χ3n) is 3.49. The van der Waals surface area contributed by atoms with Gasteiger partial charge in [0.15, 0.2) is 0 Å². The van der Waals surface area contributed by atoms with E-state index in [2.05, 4.69) is 36.8 Å². The largest absolute Gasteiger partial charge is 0.506 e. The van der Waals surface area contributed by atoms with Crippen molar-refractivity contribution in [2.45, 2.75) is 19.4 Å². The zero-order valence-electron chi connectivity index (χ0n) is 12.5. The summed E-state index contributed by atoms with van der Waals surface area (Å²) in [6, 6.07) is 4.95. The molecule has 1 aliphatic rings. The van der Waals surface area contributed by atoms with Crippen LogP contribution in [-0.4, -0.2) is 28.1 Å². The van der Waals surface area contributed by atoms with Crippen LogP contribution in [0.1, 0.15) is 24.2 Å². The van der Waals surface area contributed by atoms with Gasteiger partial charge in [0.1, 0.15) is 22.8 Å². The Labute approximate surface area is 150 Å². The van der Waals surface area contributed by atoms with E-state index in [1.165, 1.54) is 0 Å². The normalized spacial score (nSPS) is 15.7.